The fourth-order valence-electron chi connectivity index (χ4n) is 3.37. The summed E-state index contributed by atoms with van der Waals surface area (Å²) in [6, 6.07) is 6.10. The summed E-state index contributed by atoms with van der Waals surface area (Å²) in [5, 5.41) is 0. The van der Waals surface area contributed by atoms with Crippen LogP contribution in [0.4, 0.5) is 4.79 Å². The number of urea groups is 1. The van der Waals surface area contributed by atoms with E-state index >= 15 is 0 Å². The van der Waals surface area contributed by atoms with Crippen molar-refractivity contribution in [1.82, 2.24) is 19.2 Å². The summed E-state index contributed by atoms with van der Waals surface area (Å²) < 4.78 is 1.43. The average Bonchev–Trinajstić information content (AvgIpc) is 2.72. The molecular weight excluding hydrogens is 308 g/mol. The van der Waals surface area contributed by atoms with E-state index in [1.807, 2.05) is 0 Å². The van der Waals surface area contributed by atoms with Crippen molar-refractivity contribution in [3.05, 3.63) is 46.5 Å². The van der Waals surface area contributed by atoms with Gasteiger partial charge >= 0.3 is 6.03 Å². The molecule has 1 aliphatic heterocycles. The van der Waals surface area contributed by atoms with Crippen molar-refractivity contribution in [2.24, 2.45) is 0 Å². The van der Waals surface area contributed by atoms with Crippen LogP contribution < -0.4 is 5.56 Å². The normalized spacial score (nSPS) is 21.6. The molecule has 2 aromatic heterocycles. The van der Waals surface area contributed by atoms with Crippen molar-refractivity contribution in [3.63, 3.8) is 0 Å². The van der Waals surface area contributed by atoms with E-state index in [1.54, 1.807) is 36.2 Å². The molecule has 7 nitrogen and oxygen atoms in total. The highest BCUT2D eigenvalue weighted by Gasteiger charge is 2.46. The molecule has 0 N–H and O–H groups in total. The first kappa shape index (κ1) is 14.9. The van der Waals surface area contributed by atoms with E-state index in [1.165, 1.54) is 15.4 Å². The van der Waals surface area contributed by atoms with Crippen LogP contribution in [-0.2, 0) is 11.3 Å². The lowest BCUT2D eigenvalue weighted by Gasteiger charge is -2.35. The largest absolute Gasteiger partial charge is 0.328 e. The number of carbonyl (C=O) groups excluding carboxylic acids is 2. The highest BCUT2D eigenvalue weighted by Crippen LogP contribution is 2.31. The summed E-state index contributed by atoms with van der Waals surface area (Å²) in [7, 11) is 0. The van der Waals surface area contributed by atoms with Crippen molar-refractivity contribution in [2.45, 2.75) is 44.8 Å². The Bertz CT molecular complexity index is 887. The Balaban J connectivity index is 1.64. The molecule has 1 aliphatic carbocycles. The molecule has 1 saturated heterocycles. The summed E-state index contributed by atoms with van der Waals surface area (Å²) in [5.41, 5.74) is 0.706. The molecule has 1 atom stereocenters. The van der Waals surface area contributed by atoms with E-state index < -0.39 is 6.04 Å². The number of amides is 3. The first-order valence-electron chi connectivity index (χ1n) is 8.17. The Labute approximate surface area is 138 Å². The molecule has 7 heteroatoms. The molecule has 24 heavy (non-hydrogen) atoms. The minimum absolute atomic E-state index is 0.0336. The second kappa shape index (κ2) is 5.43. The monoisotopic (exact) mass is 326 g/mol. The molecule has 124 valence electrons. The third-order valence-electron chi connectivity index (χ3n) is 4.90. The molecule has 3 heterocycles. The van der Waals surface area contributed by atoms with Crippen LogP contribution in [-0.4, -0.2) is 43.2 Å². The maximum absolute atomic E-state index is 12.6. The SMILES string of the molecule is CC1C(=O)N(Cc2cc(=O)n3ccccc3n2)C(=O)N1C1CCC1. The lowest BCUT2D eigenvalue weighted by molar-refractivity contribution is -0.128. The third kappa shape index (κ3) is 2.19. The highest BCUT2D eigenvalue weighted by atomic mass is 16.2. The fraction of sp³-hybridized carbons (Fsp3) is 0.412. The lowest BCUT2D eigenvalue weighted by Crippen LogP contribution is -2.45. The van der Waals surface area contributed by atoms with E-state index in [0.29, 0.717) is 11.3 Å². The summed E-state index contributed by atoms with van der Waals surface area (Å²) >= 11 is 0. The maximum Gasteiger partial charge on any atom is 0.328 e. The van der Waals surface area contributed by atoms with Crippen molar-refractivity contribution >= 4 is 17.6 Å². The fourth-order valence-corrected chi connectivity index (χ4v) is 3.37. The second-order valence-corrected chi connectivity index (χ2v) is 6.39. The molecule has 1 saturated carbocycles. The number of fused-ring (bicyclic) bond motifs is 1. The smallest absolute Gasteiger partial charge is 0.310 e. The molecule has 4 rings (SSSR count). The van der Waals surface area contributed by atoms with Crippen LogP contribution in [0.25, 0.3) is 5.65 Å². The molecule has 1 unspecified atom stereocenters. The van der Waals surface area contributed by atoms with E-state index in [-0.39, 0.29) is 30.1 Å². The summed E-state index contributed by atoms with van der Waals surface area (Å²) in [6.45, 7) is 1.80. The molecule has 2 aromatic rings. The summed E-state index contributed by atoms with van der Waals surface area (Å²) in [6.07, 6.45) is 4.64. The van der Waals surface area contributed by atoms with Gasteiger partial charge in [0.1, 0.15) is 11.7 Å². The van der Waals surface area contributed by atoms with Crippen molar-refractivity contribution in [3.8, 4) is 0 Å². The maximum atomic E-state index is 12.6. The van der Waals surface area contributed by atoms with Gasteiger partial charge in [0.15, 0.2) is 0 Å². The van der Waals surface area contributed by atoms with Gasteiger partial charge in [-0.25, -0.2) is 9.78 Å². The van der Waals surface area contributed by atoms with Crippen molar-refractivity contribution in [2.75, 3.05) is 0 Å². The average molecular weight is 326 g/mol. The van der Waals surface area contributed by atoms with Gasteiger partial charge in [-0.3, -0.25) is 18.9 Å². The van der Waals surface area contributed by atoms with Gasteiger partial charge in [-0.05, 0) is 38.3 Å². The number of pyridine rings is 1. The summed E-state index contributed by atoms with van der Waals surface area (Å²) in [5.74, 6) is -0.220. The Morgan fingerprint density at radius 3 is 2.71 bits per heavy atom. The van der Waals surface area contributed by atoms with Crippen LogP contribution in [0.15, 0.2) is 35.3 Å². The zero-order chi connectivity index (χ0) is 16.8. The number of rotatable bonds is 3. The van der Waals surface area contributed by atoms with Gasteiger partial charge < -0.3 is 4.90 Å². The number of imide groups is 1. The minimum atomic E-state index is -0.440. The Morgan fingerprint density at radius 1 is 1.21 bits per heavy atom. The standard InChI is InChI=1S/C17H18N4O3/c1-11-16(23)20(17(24)21(11)13-5-4-6-13)10-12-9-15(22)19-8-3-2-7-14(19)18-12/h2-3,7-9,11,13H,4-6,10H2,1H3. The molecule has 0 bridgehead atoms. The molecule has 2 aliphatic rings. The van der Waals surface area contributed by atoms with E-state index in [0.717, 1.165) is 19.3 Å². The number of carbonyl (C=O) groups is 2. The predicted octanol–water partition coefficient (Wildman–Crippen LogP) is 1.40. The Hall–Kier alpha value is -2.70. The van der Waals surface area contributed by atoms with Gasteiger partial charge in [0.05, 0.1) is 12.2 Å². The minimum Gasteiger partial charge on any atom is -0.310 e. The van der Waals surface area contributed by atoms with E-state index in [9.17, 15) is 14.4 Å². The Kier molecular flexibility index (Phi) is 3.37. The molecule has 2 fully saturated rings. The van der Waals surface area contributed by atoms with E-state index in [4.69, 9.17) is 0 Å². The zero-order valence-corrected chi connectivity index (χ0v) is 13.4. The van der Waals surface area contributed by atoms with Crippen LogP contribution in [0.2, 0.25) is 0 Å². The van der Waals surface area contributed by atoms with Gasteiger partial charge in [-0.15, -0.1) is 0 Å². The topological polar surface area (TPSA) is 75.0 Å². The van der Waals surface area contributed by atoms with Gasteiger partial charge in [0.25, 0.3) is 11.5 Å². The molecular formula is C17H18N4O3. The molecule has 0 aromatic carbocycles. The second-order valence-electron chi connectivity index (χ2n) is 6.39. The quantitative estimate of drug-likeness (QED) is 0.799. The van der Waals surface area contributed by atoms with Crippen LogP contribution in [0.1, 0.15) is 31.9 Å². The summed E-state index contributed by atoms with van der Waals surface area (Å²) in [4.78, 5) is 44.6. The first-order valence-corrected chi connectivity index (χ1v) is 8.17. The van der Waals surface area contributed by atoms with Gasteiger partial charge in [0, 0.05) is 18.3 Å². The molecule has 0 spiro atoms. The lowest BCUT2D eigenvalue weighted by atomic mass is 9.91. The number of hydrogen-bond acceptors (Lipinski definition) is 4. The van der Waals surface area contributed by atoms with Crippen molar-refractivity contribution < 1.29 is 9.59 Å². The van der Waals surface area contributed by atoms with Crippen molar-refractivity contribution in [1.29, 1.82) is 0 Å². The van der Waals surface area contributed by atoms with Crippen LogP contribution >= 0.6 is 0 Å². The first-order chi connectivity index (χ1) is 11.6. The number of hydrogen-bond donors (Lipinski definition) is 0. The van der Waals surface area contributed by atoms with Gasteiger partial charge in [-0.2, -0.15) is 0 Å². The third-order valence-corrected chi connectivity index (χ3v) is 4.90. The predicted molar refractivity (Wildman–Crippen MR) is 86.3 cm³/mol. The molecule has 0 radical (unpaired) electrons. The Morgan fingerprint density at radius 2 is 2.00 bits per heavy atom. The van der Waals surface area contributed by atoms with Crippen LogP contribution in [0, 0.1) is 0 Å². The number of aromatic nitrogens is 2. The number of nitrogens with zero attached hydrogens (tertiary/aromatic N) is 4. The van der Waals surface area contributed by atoms with Crippen LogP contribution in [0.5, 0.6) is 0 Å². The highest BCUT2D eigenvalue weighted by molar-refractivity contribution is 6.04. The van der Waals surface area contributed by atoms with Gasteiger partial charge in [-0.1, -0.05) is 6.07 Å². The van der Waals surface area contributed by atoms with Gasteiger partial charge in [0.2, 0.25) is 0 Å². The zero-order valence-electron chi connectivity index (χ0n) is 13.4. The molecule has 3 amide bonds. The van der Waals surface area contributed by atoms with Crippen LogP contribution in [0.3, 0.4) is 0 Å². The van der Waals surface area contributed by atoms with E-state index in [2.05, 4.69) is 4.98 Å².